The van der Waals surface area contributed by atoms with Crippen LogP contribution in [0.4, 0.5) is 4.39 Å². The van der Waals surface area contributed by atoms with Crippen molar-refractivity contribution in [1.82, 2.24) is 0 Å². The maximum absolute atomic E-state index is 14.7. The highest BCUT2D eigenvalue weighted by molar-refractivity contribution is 7.48. The zero-order valence-electron chi connectivity index (χ0n) is 19.6. The molecule has 2 bridgehead atoms. The van der Waals surface area contributed by atoms with Gasteiger partial charge in [0.25, 0.3) is 0 Å². The van der Waals surface area contributed by atoms with Crippen molar-refractivity contribution in [3.8, 4) is 11.1 Å². The van der Waals surface area contributed by atoms with Gasteiger partial charge in [-0.2, -0.15) is 0 Å². The number of allylic oxidation sites excluding steroid dienone is 2. The van der Waals surface area contributed by atoms with E-state index in [1.54, 1.807) is 26.0 Å². The van der Waals surface area contributed by atoms with Crippen LogP contribution < -0.4 is 0 Å². The summed E-state index contributed by atoms with van der Waals surface area (Å²) < 4.78 is 44.7. The standard InChI is InChI=1S/C26H29ClFO5P/c1-4-16-7-8-17(21-12-11-20(27)15-23(21)28)14-22(16)24-25(29)18-9-10-19(13-18)26(24)33-34(30,31-5-2)32-6-3/h7-8,11-12,14-15,18-19H,4-6,9-10,13H2,1-3H3/t18-,19?/m1/s1. The molecule has 1 saturated carbocycles. The van der Waals surface area contributed by atoms with Crippen molar-refractivity contribution in [1.29, 1.82) is 0 Å². The molecule has 4 rings (SSSR count). The number of Topliss-reactive ketones (excluding diaryl/α,β-unsaturated/α-hetero) is 1. The Kier molecular flexibility index (Phi) is 7.63. The number of hydrogen-bond acceptors (Lipinski definition) is 5. The van der Waals surface area contributed by atoms with Gasteiger partial charge in [-0.15, -0.1) is 0 Å². The molecule has 0 spiro atoms. The van der Waals surface area contributed by atoms with Gasteiger partial charge in [-0.05, 0) is 80.5 Å². The second-order valence-electron chi connectivity index (χ2n) is 8.53. The Balaban J connectivity index is 1.90. The third-order valence-corrected chi connectivity index (χ3v) is 8.26. The molecule has 34 heavy (non-hydrogen) atoms. The number of hydrogen-bond donors (Lipinski definition) is 0. The van der Waals surface area contributed by atoms with E-state index in [1.165, 1.54) is 6.07 Å². The summed E-state index contributed by atoms with van der Waals surface area (Å²) in [6.45, 7) is 5.71. The maximum atomic E-state index is 14.7. The van der Waals surface area contributed by atoms with E-state index in [1.807, 2.05) is 25.1 Å². The molecule has 2 aromatic carbocycles. The Labute approximate surface area is 204 Å². The Morgan fingerprint density at radius 1 is 1.00 bits per heavy atom. The third-order valence-electron chi connectivity index (χ3n) is 6.45. The highest BCUT2D eigenvalue weighted by Crippen LogP contribution is 2.57. The summed E-state index contributed by atoms with van der Waals surface area (Å²) in [5, 5.41) is 0.312. The fourth-order valence-electron chi connectivity index (χ4n) is 4.91. The number of rotatable bonds is 9. The molecule has 2 aliphatic rings. The molecule has 2 aromatic rings. The van der Waals surface area contributed by atoms with Crippen LogP contribution in [-0.2, 0) is 29.4 Å². The molecule has 0 radical (unpaired) electrons. The second kappa shape index (κ2) is 10.3. The molecule has 5 nitrogen and oxygen atoms in total. The molecule has 0 aromatic heterocycles. The molecule has 1 unspecified atom stereocenters. The Hall–Kier alpha value is -1.98. The van der Waals surface area contributed by atoms with Gasteiger partial charge in [0.05, 0.1) is 18.8 Å². The number of fused-ring (bicyclic) bond motifs is 2. The zero-order valence-corrected chi connectivity index (χ0v) is 21.3. The summed E-state index contributed by atoms with van der Waals surface area (Å²) in [6, 6.07) is 10.1. The minimum absolute atomic E-state index is 0.0354. The van der Waals surface area contributed by atoms with Gasteiger partial charge in [-0.3, -0.25) is 13.8 Å². The van der Waals surface area contributed by atoms with Crippen LogP contribution in [0.15, 0.2) is 42.2 Å². The number of phosphoric acid groups is 1. The molecular weight excluding hydrogens is 478 g/mol. The minimum atomic E-state index is -3.90. The molecule has 182 valence electrons. The number of benzene rings is 2. The molecule has 0 saturated heterocycles. The van der Waals surface area contributed by atoms with Crippen LogP contribution in [0.3, 0.4) is 0 Å². The van der Waals surface area contributed by atoms with Gasteiger partial charge in [0.2, 0.25) is 0 Å². The van der Waals surface area contributed by atoms with Gasteiger partial charge >= 0.3 is 7.82 Å². The first-order valence-electron chi connectivity index (χ1n) is 11.8. The van der Waals surface area contributed by atoms with E-state index >= 15 is 0 Å². The Morgan fingerprint density at radius 3 is 2.35 bits per heavy atom. The van der Waals surface area contributed by atoms with Crippen LogP contribution in [0.5, 0.6) is 0 Å². The molecule has 0 N–H and O–H groups in total. The molecule has 0 heterocycles. The van der Waals surface area contributed by atoms with Gasteiger partial charge in [0, 0.05) is 22.4 Å². The zero-order chi connectivity index (χ0) is 24.5. The van der Waals surface area contributed by atoms with E-state index in [-0.39, 0.29) is 30.8 Å². The van der Waals surface area contributed by atoms with Crippen molar-refractivity contribution in [2.45, 2.75) is 46.5 Å². The van der Waals surface area contributed by atoms with Gasteiger partial charge < -0.3 is 4.52 Å². The average molecular weight is 507 g/mol. The normalized spacial score (nSPS) is 20.2. The SMILES string of the molecule is CCOP(=O)(OCC)OC1=C(c2cc(-c3ccc(Cl)cc3F)ccc2CC)C(=O)[C@@H]2CCC1C2. The highest BCUT2D eigenvalue weighted by atomic mass is 35.5. The lowest BCUT2D eigenvalue weighted by molar-refractivity contribution is -0.117. The highest BCUT2D eigenvalue weighted by Gasteiger charge is 2.45. The van der Waals surface area contributed by atoms with Crippen molar-refractivity contribution in [3.05, 3.63) is 64.1 Å². The van der Waals surface area contributed by atoms with Crippen LogP contribution in [0, 0.1) is 17.7 Å². The summed E-state index contributed by atoms with van der Waals surface area (Å²) in [4.78, 5) is 13.6. The number of carbonyl (C=O) groups is 1. The van der Waals surface area contributed by atoms with E-state index in [4.69, 9.17) is 25.2 Å². The van der Waals surface area contributed by atoms with E-state index in [9.17, 15) is 13.8 Å². The van der Waals surface area contributed by atoms with Gasteiger partial charge in [0.1, 0.15) is 11.6 Å². The molecule has 1 fully saturated rings. The van der Waals surface area contributed by atoms with Crippen LogP contribution in [0.25, 0.3) is 16.7 Å². The lowest BCUT2D eigenvalue weighted by Crippen LogP contribution is -2.23. The van der Waals surface area contributed by atoms with E-state index in [2.05, 4.69) is 0 Å². The van der Waals surface area contributed by atoms with Crippen LogP contribution in [0.1, 0.15) is 51.2 Å². The van der Waals surface area contributed by atoms with E-state index in [0.717, 1.165) is 18.4 Å². The molecule has 8 heteroatoms. The lowest BCUT2D eigenvalue weighted by Gasteiger charge is -2.29. The topological polar surface area (TPSA) is 61.8 Å². The first kappa shape index (κ1) is 25.1. The molecule has 2 atom stereocenters. The molecule has 2 aliphatic carbocycles. The number of aryl methyl sites for hydroxylation is 1. The molecule has 0 aliphatic heterocycles. The third kappa shape index (κ3) is 4.87. The first-order chi connectivity index (χ1) is 16.3. The van der Waals surface area contributed by atoms with Crippen LogP contribution in [-0.4, -0.2) is 19.0 Å². The number of phosphoric ester groups is 1. The molecule has 0 amide bonds. The Bertz CT molecular complexity index is 1170. The van der Waals surface area contributed by atoms with Crippen LogP contribution >= 0.6 is 19.4 Å². The fourth-order valence-corrected chi connectivity index (χ4v) is 6.36. The Morgan fingerprint density at radius 2 is 1.71 bits per heavy atom. The van der Waals surface area contributed by atoms with Gasteiger partial charge in [0.15, 0.2) is 5.78 Å². The number of carbonyl (C=O) groups excluding carboxylic acids is 1. The lowest BCUT2D eigenvalue weighted by atomic mass is 9.81. The maximum Gasteiger partial charge on any atom is 0.529 e. The smallest absolute Gasteiger partial charge is 0.407 e. The quantitative estimate of drug-likeness (QED) is 0.327. The second-order valence-corrected chi connectivity index (χ2v) is 10.6. The van der Waals surface area contributed by atoms with Crippen molar-refractivity contribution < 1.29 is 27.3 Å². The van der Waals surface area contributed by atoms with Crippen molar-refractivity contribution in [3.63, 3.8) is 0 Å². The predicted octanol–water partition coefficient (Wildman–Crippen LogP) is 7.62. The summed E-state index contributed by atoms with van der Waals surface area (Å²) in [6.07, 6.45) is 2.83. The van der Waals surface area contributed by atoms with Crippen molar-refractivity contribution >= 4 is 30.8 Å². The molecular formula is C26H29ClFO5P. The summed E-state index contributed by atoms with van der Waals surface area (Å²) in [7, 11) is -3.90. The van der Waals surface area contributed by atoms with Gasteiger partial charge in [-0.25, -0.2) is 8.96 Å². The minimum Gasteiger partial charge on any atom is -0.407 e. The van der Waals surface area contributed by atoms with Crippen molar-refractivity contribution in [2.24, 2.45) is 11.8 Å². The first-order valence-corrected chi connectivity index (χ1v) is 13.6. The summed E-state index contributed by atoms with van der Waals surface area (Å²) >= 11 is 5.94. The van der Waals surface area contributed by atoms with E-state index in [0.29, 0.717) is 45.9 Å². The average Bonchev–Trinajstić information content (AvgIpc) is 3.24. The van der Waals surface area contributed by atoms with E-state index < -0.39 is 13.6 Å². The van der Waals surface area contributed by atoms with Crippen LogP contribution in [0.2, 0.25) is 5.02 Å². The number of ketones is 1. The van der Waals surface area contributed by atoms with Crippen molar-refractivity contribution in [2.75, 3.05) is 13.2 Å². The monoisotopic (exact) mass is 506 g/mol. The predicted molar refractivity (Wildman–Crippen MR) is 131 cm³/mol. The summed E-state index contributed by atoms with van der Waals surface area (Å²) in [5.74, 6) is -0.265. The largest absolute Gasteiger partial charge is 0.529 e. The number of halogens is 2. The van der Waals surface area contributed by atoms with Gasteiger partial charge in [-0.1, -0.05) is 30.7 Å². The summed E-state index contributed by atoms with van der Waals surface area (Å²) in [5.41, 5.74) is 3.01. The fraction of sp³-hybridized carbons (Fsp3) is 0.423.